The molecule has 1 aliphatic heterocycles. The molecular formula is C16H29N3O4. The molecule has 7 heteroatoms. The first kappa shape index (κ1) is 18.0. The fraction of sp³-hybridized carbons (Fsp3) is 0.875. The molecule has 3 N–H and O–H groups in total. The van der Waals surface area contributed by atoms with Crippen LogP contribution in [0.2, 0.25) is 0 Å². The maximum absolute atomic E-state index is 12.2. The van der Waals surface area contributed by atoms with Gasteiger partial charge in [0.05, 0.1) is 18.7 Å². The molecule has 1 saturated heterocycles. The Bertz CT molecular complexity index is 418. The van der Waals surface area contributed by atoms with Crippen molar-refractivity contribution in [2.75, 3.05) is 26.3 Å². The van der Waals surface area contributed by atoms with Gasteiger partial charge in [0.1, 0.15) is 0 Å². The number of aliphatic carboxylic acids is 1. The lowest BCUT2D eigenvalue weighted by Gasteiger charge is -2.42. The number of carboxylic acids is 1. The van der Waals surface area contributed by atoms with Crippen molar-refractivity contribution in [2.24, 2.45) is 0 Å². The van der Waals surface area contributed by atoms with E-state index >= 15 is 0 Å². The van der Waals surface area contributed by atoms with Crippen molar-refractivity contribution >= 4 is 12.0 Å². The fourth-order valence-corrected chi connectivity index (χ4v) is 3.58. The largest absolute Gasteiger partial charge is 0.480 e. The van der Waals surface area contributed by atoms with E-state index in [4.69, 9.17) is 9.84 Å². The quantitative estimate of drug-likeness (QED) is 0.623. The second-order valence-electron chi connectivity index (χ2n) is 6.71. The third-order valence-electron chi connectivity index (χ3n) is 4.92. The summed E-state index contributed by atoms with van der Waals surface area (Å²) in [5, 5.41) is 15.0. The minimum atomic E-state index is -0.802. The lowest BCUT2D eigenvalue weighted by Crippen LogP contribution is -2.59. The number of carboxylic acid groups (broad SMARTS) is 1. The highest BCUT2D eigenvalue weighted by molar-refractivity contribution is 5.75. The van der Waals surface area contributed by atoms with Crippen LogP contribution in [-0.2, 0) is 9.53 Å². The number of urea groups is 1. The first-order chi connectivity index (χ1) is 11.0. The Balaban J connectivity index is 1.74. The van der Waals surface area contributed by atoms with Crippen LogP contribution in [0.15, 0.2) is 0 Å². The van der Waals surface area contributed by atoms with Crippen molar-refractivity contribution in [3.8, 4) is 0 Å². The van der Waals surface area contributed by atoms with Crippen LogP contribution in [0.25, 0.3) is 0 Å². The molecule has 2 amide bonds. The van der Waals surface area contributed by atoms with Gasteiger partial charge >= 0.3 is 12.0 Å². The molecule has 0 aromatic carbocycles. The Morgan fingerprint density at radius 1 is 1.35 bits per heavy atom. The fourth-order valence-electron chi connectivity index (χ4n) is 3.58. The molecular weight excluding hydrogens is 298 g/mol. The molecule has 0 radical (unpaired) electrons. The molecule has 2 fully saturated rings. The molecule has 0 aromatic heterocycles. The van der Waals surface area contributed by atoms with E-state index < -0.39 is 5.97 Å². The molecule has 0 aromatic rings. The second-order valence-corrected chi connectivity index (χ2v) is 6.71. The average Bonchev–Trinajstić information content (AvgIpc) is 2.88. The van der Waals surface area contributed by atoms with Gasteiger partial charge in [0.15, 0.2) is 0 Å². The monoisotopic (exact) mass is 327 g/mol. The Hall–Kier alpha value is -1.34. The number of hydrogen-bond donors (Lipinski definition) is 3. The van der Waals surface area contributed by atoms with Crippen LogP contribution in [0.5, 0.6) is 0 Å². The van der Waals surface area contributed by atoms with E-state index in [0.717, 1.165) is 32.1 Å². The van der Waals surface area contributed by atoms with E-state index in [1.54, 1.807) is 0 Å². The van der Waals surface area contributed by atoms with Gasteiger partial charge in [-0.3, -0.25) is 9.69 Å². The number of nitrogens with one attached hydrogen (secondary N) is 2. The summed E-state index contributed by atoms with van der Waals surface area (Å²) in [4.78, 5) is 25.0. The van der Waals surface area contributed by atoms with E-state index in [1.165, 1.54) is 0 Å². The third-order valence-corrected chi connectivity index (χ3v) is 4.92. The van der Waals surface area contributed by atoms with Gasteiger partial charge in [-0.15, -0.1) is 0 Å². The van der Waals surface area contributed by atoms with Crippen LogP contribution < -0.4 is 10.6 Å². The van der Waals surface area contributed by atoms with Crippen molar-refractivity contribution in [3.05, 3.63) is 0 Å². The van der Waals surface area contributed by atoms with Crippen molar-refractivity contribution in [3.63, 3.8) is 0 Å². The summed E-state index contributed by atoms with van der Waals surface area (Å²) in [6.45, 7) is 6.14. The summed E-state index contributed by atoms with van der Waals surface area (Å²) < 4.78 is 5.45. The maximum Gasteiger partial charge on any atom is 0.317 e. The van der Waals surface area contributed by atoms with Gasteiger partial charge in [-0.25, -0.2) is 4.79 Å². The predicted molar refractivity (Wildman–Crippen MR) is 86.4 cm³/mol. The summed E-state index contributed by atoms with van der Waals surface area (Å²) in [6.07, 6.45) is 4.42. The van der Waals surface area contributed by atoms with Crippen molar-refractivity contribution in [1.29, 1.82) is 0 Å². The van der Waals surface area contributed by atoms with Gasteiger partial charge < -0.3 is 20.5 Å². The maximum atomic E-state index is 12.2. The van der Waals surface area contributed by atoms with Gasteiger partial charge in [0.2, 0.25) is 0 Å². The third kappa shape index (κ3) is 4.81. The van der Waals surface area contributed by atoms with Crippen LogP contribution in [0.4, 0.5) is 4.79 Å². The smallest absolute Gasteiger partial charge is 0.317 e. The summed E-state index contributed by atoms with van der Waals surface area (Å²) >= 11 is 0. The second kappa shape index (κ2) is 7.97. The summed E-state index contributed by atoms with van der Waals surface area (Å²) in [7, 11) is 0. The number of hydrogen-bond acceptors (Lipinski definition) is 4. The summed E-state index contributed by atoms with van der Waals surface area (Å²) in [5.74, 6) is -0.802. The number of carbonyl (C=O) groups is 2. The first-order valence-electron chi connectivity index (χ1n) is 8.60. The molecule has 0 bridgehead atoms. The van der Waals surface area contributed by atoms with Gasteiger partial charge in [-0.1, -0.05) is 20.3 Å². The molecule has 23 heavy (non-hydrogen) atoms. The zero-order valence-electron chi connectivity index (χ0n) is 14.1. The summed E-state index contributed by atoms with van der Waals surface area (Å²) in [6, 6.07) is 0.248. The molecule has 2 aliphatic rings. The van der Waals surface area contributed by atoms with Gasteiger partial charge in [0, 0.05) is 18.7 Å². The van der Waals surface area contributed by atoms with E-state index in [1.807, 2.05) is 11.8 Å². The van der Waals surface area contributed by atoms with E-state index in [2.05, 4.69) is 17.6 Å². The van der Waals surface area contributed by atoms with E-state index in [0.29, 0.717) is 19.8 Å². The minimum absolute atomic E-state index is 0.0665. The molecule has 132 valence electrons. The Labute approximate surface area is 137 Å². The predicted octanol–water partition coefficient (Wildman–Crippen LogP) is 1.18. The number of nitrogens with zero attached hydrogens (tertiary/aromatic N) is 1. The zero-order valence-corrected chi connectivity index (χ0v) is 14.1. The lowest BCUT2D eigenvalue weighted by atomic mass is 9.85. The minimum Gasteiger partial charge on any atom is -0.480 e. The number of ether oxygens (including phenoxy) is 1. The van der Waals surface area contributed by atoms with Gasteiger partial charge in [0.25, 0.3) is 0 Å². The van der Waals surface area contributed by atoms with Crippen LogP contribution in [-0.4, -0.2) is 65.9 Å². The van der Waals surface area contributed by atoms with Crippen LogP contribution in [0.1, 0.15) is 46.0 Å². The first-order valence-corrected chi connectivity index (χ1v) is 8.60. The van der Waals surface area contributed by atoms with Crippen molar-refractivity contribution in [2.45, 2.75) is 63.6 Å². The van der Waals surface area contributed by atoms with Crippen LogP contribution in [0.3, 0.4) is 0 Å². The standard InChI is InChI=1S/C16H29N3O4/c1-3-5-16(6-7-23-11-16)18-15(22)17-12-8-13(9-12)19(4-2)10-14(20)21/h12-13H,3-11H2,1-2H3,(H,20,21)(H2,17,18,22). The number of amides is 2. The van der Waals surface area contributed by atoms with E-state index in [-0.39, 0.29) is 30.2 Å². The molecule has 1 atom stereocenters. The molecule has 2 rings (SSSR count). The molecule has 7 nitrogen and oxygen atoms in total. The van der Waals surface area contributed by atoms with Gasteiger partial charge in [-0.05, 0) is 32.2 Å². The number of carbonyl (C=O) groups excluding carboxylic acids is 1. The molecule has 1 aliphatic carbocycles. The molecule has 1 saturated carbocycles. The topological polar surface area (TPSA) is 90.9 Å². The zero-order chi connectivity index (χ0) is 16.9. The normalized spacial score (nSPS) is 30.0. The van der Waals surface area contributed by atoms with Gasteiger partial charge in [-0.2, -0.15) is 0 Å². The molecule has 1 unspecified atom stereocenters. The SMILES string of the molecule is CCCC1(NC(=O)NC2CC(N(CC)CC(=O)O)C2)CCOC1. The van der Waals surface area contributed by atoms with E-state index in [9.17, 15) is 9.59 Å². The highest BCUT2D eigenvalue weighted by atomic mass is 16.5. The number of likely N-dealkylation sites (N-methyl/N-ethyl adjacent to an activating group) is 1. The lowest BCUT2D eigenvalue weighted by molar-refractivity contribution is -0.139. The Morgan fingerprint density at radius 3 is 2.61 bits per heavy atom. The van der Waals surface area contributed by atoms with Crippen molar-refractivity contribution < 1.29 is 19.4 Å². The van der Waals surface area contributed by atoms with Crippen molar-refractivity contribution in [1.82, 2.24) is 15.5 Å². The average molecular weight is 327 g/mol. The summed E-state index contributed by atoms with van der Waals surface area (Å²) in [5.41, 5.74) is -0.221. The number of rotatable bonds is 8. The Kier molecular flexibility index (Phi) is 6.24. The highest BCUT2D eigenvalue weighted by Crippen LogP contribution is 2.27. The molecule has 1 heterocycles. The van der Waals surface area contributed by atoms with Crippen LogP contribution in [0, 0.1) is 0 Å². The highest BCUT2D eigenvalue weighted by Gasteiger charge is 2.38. The molecule has 0 spiro atoms. The van der Waals surface area contributed by atoms with Crippen LogP contribution >= 0.6 is 0 Å². The Morgan fingerprint density at radius 2 is 2.09 bits per heavy atom.